The van der Waals surface area contributed by atoms with Crippen LogP contribution in [-0.4, -0.2) is 7.11 Å². The van der Waals surface area contributed by atoms with Crippen molar-refractivity contribution in [2.45, 2.75) is 0 Å². The van der Waals surface area contributed by atoms with E-state index >= 15 is 0 Å². The molecule has 0 saturated carbocycles. The third-order valence-corrected chi connectivity index (χ3v) is 2.47. The zero-order valence-electron chi connectivity index (χ0n) is 9.56. The average Bonchev–Trinajstić information content (AvgIpc) is 2.40. The second-order valence-corrected chi connectivity index (χ2v) is 3.60. The molecule has 2 rings (SSSR count). The summed E-state index contributed by atoms with van der Waals surface area (Å²) in [4.78, 5) is 0. The van der Waals surface area contributed by atoms with E-state index in [4.69, 9.17) is 4.74 Å². The van der Waals surface area contributed by atoms with Gasteiger partial charge < -0.3 is 4.74 Å². The Hall–Kier alpha value is -2.09. The first-order valence-electron chi connectivity index (χ1n) is 5.37. The molecular weight excluding hydrogens is 215 g/mol. The molecule has 17 heavy (non-hydrogen) atoms. The lowest BCUT2D eigenvalue weighted by atomic mass is 10.1. The van der Waals surface area contributed by atoms with E-state index in [-0.39, 0.29) is 5.83 Å². The van der Waals surface area contributed by atoms with Gasteiger partial charge in [-0.25, -0.2) is 4.39 Å². The van der Waals surface area contributed by atoms with Gasteiger partial charge in [-0.05, 0) is 12.1 Å². The quantitative estimate of drug-likeness (QED) is 0.717. The molecule has 0 aliphatic heterocycles. The number of benzene rings is 2. The molecule has 0 unspecified atom stereocenters. The maximum Gasteiger partial charge on any atom is 0.131 e. The van der Waals surface area contributed by atoms with E-state index in [9.17, 15) is 4.39 Å². The number of para-hydroxylation sites is 1. The molecule has 0 amide bonds. The molecule has 0 atom stereocenters. The zero-order valence-corrected chi connectivity index (χ0v) is 9.56. The predicted octanol–water partition coefficient (Wildman–Crippen LogP) is 4.16. The van der Waals surface area contributed by atoms with E-state index in [1.165, 1.54) is 6.08 Å². The van der Waals surface area contributed by atoms with Gasteiger partial charge in [0.05, 0.1) is 7.11 Å². The Morgan fingerprint density at radius 3 is 2.35 bits per heavy atom. The van der Waals surface area contributed by atoms with Gasteiger partial charge >= 0.3 is 0 Å². The van der Waals surface area contributed by atoms with Crippen molar-refractivity contribution in [3.05, 3.63) is 65.7 Å². The van der Waals surface area contributed by atoms with Crippen LogP contribution >= 0.6 is 0 Å². The van der Waals surface area contributed by atoms with Crippen molar-refractivity contribution in [1.29, 1.82) is 0 Å². The molecule has 0 bridgehead atoms. The summed E-state index contributed by atoms with van der Waals surface area (Å²) in [6.45, 7) is 0. The standard InChI is InChI=1S/C15H13FO/c1-17-15-10-6-5-9-13(15)11-14(16)12-7-3-2-4-8-12/h2-11H,1H3/b14-11+. The second-order valence-electron chi connectivity index (χ2n) is 3.60. The molecule has 0 aromatic heterocycles. The minimum Gasteiger partial charge on any atom is -0.496 e. The molecule has 1 nitrogen and oxygen atoms in total. The summed E-state index contributed by atoms with van der Waals surface area (Å²) in [6, 6.07) is 16.3. The first-order chi connectivity index (χ1) is 8.31. The fourth-order valence-electron chi connectivity index (χ4n) is 1.60. The Balaban J connectivity index is 2.36. The van der Waals surface area contributed by atoms with Crippen LogP contribution in [0.25, 0.3) is 11.9 Å². The van der Waals surface area contributed by atoms with Gasteiger partial charge in [0.15, 0.2) is 0 Å². The molecule has 2 aromatic carbocycles. The minimum atomic E-state index is -0.268. The van der Waals surface area contributed by atoms with Crippen LogP contribution in [0.1, 0.15) is 11.1 Å². The fourth-order valence-corrected chi connectivity index (χ4v) is 1.60. The van der Waals surface area contributed by atoms with E-state index in [0.717, 1.165) is 5.56 Å². The highest BCUT2D eigenvalue weighted by molar-refractivity contribution is 5.78. The first kappa shape index (κ1) is 11.4. The van der Waals surface area contributed by atoms with Crippen molar-refractivity contribution >= 4 is 11.9 Å². The normalized spacial score (nSPS) is 11.3. The molecule has 0 saturated heterocycles. The molecule has 86 valence electrons. The number of hydrogen-bond acceptors (Lipinski definition) is 1. The summed E-state index contributed by atoms with van der Waals surface area (Å²) in [5.41, 5.74) is 1.30. The Kier molecular flexibility index (Phi) is 3.55. The van der Waals surface area contributed by atoms with Gasteiger partial charge in [0.2, 0.25) is 0 Å². The Bertz CT molecular complexity index is 517. The van der Waals surface area contributed by atoms with E-state index in [0.29, 0.717) is 11.3 Å². The summed E-state index contributed by atoms with van der Waals surface area (Å²) in [6.07, 6.45) is 1.48. The summed E-state index contributed by atoms with van der Waals surface area (Å²) in [5.74, 6) is 0.397. The minimum absolute atomic E-state index is 0.268. The number of rotatable bonds is 3. The van der Waals surface area contributed by atoms with E-state index < -0.39 is 0 Å². The predicted molar refractivity (Wildman–Crippen MR) is 68.4 cm³/mol. The van der Waals surface area contributed by atoms with Crippen LogP contribution in [-0.2, 0) is 0 Å². The van der Waals surface area contributed by atoms with Crippen molar-refractivity contribution in [3.63, 3.8) is 0 Å². The highest BCUT2D eigenvalue weighted by Gasteiger charge is 2.02. The SMILES string of the molecule is COc1ccccc1/C=C(/F)c1ccccc1. The third kappa shape index (κ3) is 2.72. The summed E-state index contributed by atoms with van der Waals surface area (Å²) >= 11 is 0. The van der Waals surface area contributed by atoms with Crippen molar-refractivity contribution in [2.75, 3.05) is 7.11 Å². The largest absolute Gasteiger partial charge is 0.496 e. The maximum absolute atomic E-state index is 13.9. The number of hydrogen-bond donors (Lipinski definition) is 0. The van der Waals surface area contributed by atoms with E-state index in [1.807, 2.05) is 42.5 Å². The molecular formula is C15H13FO. The lowest BCUT2D eigenvalue weighted by molar-refractivity contribution is 0.414. The number of halogens is 1. The molecule has 0 spiro atoms. The summed E-state index contributed by atoms with van der Waals surface area (Å²) < 4.78 is 19.1. The van der Waals surface area contributed by atoms with Crippen molar-refractivity contribution in [3.8, 4) is 5.75 Å². The molecule has 0 heterocycles. The van der Waals surface area contributed by atoms with Crippen molar-refractivity contribution in [2.24, 2.45) is 0 Å². The molecule has 0 N–H and O–H groups in total. The molecule has 0 aliphatic rings. The van der Waals surface area contributed by atoms with Gasteiger partial charge in [0.25, 0.3) is 0 Å². The molecule has 0 aliphatic carbocycles. The number of ether oxygens (including phenoxy) is 1. The summed E-state index contributed by atoms with van der Waals surface area (Å²) in [7, 11) is 1.58. The third-order valence-electron chi connectivity index (χ3n) is 2.47. The van der Waals surface area contributed by atoms with Crippen LogP contribution in [0.4, 0.5) is 4.39 Å². The first-order valence-corrected chi connectivity index (χ1v) is 5.37. The Labute approximate surface area is 100 Å². The van der Waals surface area contributed by atoms with Gasteiger partial charge in [0, 0.05) is 11.1 Å². The Morgan fingerprint density at radius 2 is 1.65 bits per heavy atom. The van der Waals surface area contributed by atoms with Crippen LogP contribution in [0.5, 0.6) is 5.75 Å². The number of methoxy groups -OCH3 is 1. The lowest BCUT2D eigenvalue weighted by Crippen LogP contribution is -1.86. The maximum atomic E-state index is 13.9. The topological polar surface area (TPSA) is 9.23 Å². The molecule has 0 fully saturated rings. The van der Waals surface area contributed by atoms with Gasteiger partial charge in [-0.3, -0.25) is 0 Å². The van der Waals surface area contributed by atoms with Gasteiger partial charge in [0.1, 0.15) is 11.6 Å². The average molecular weight is 228 g/mol. The molecule has 0 radical (unpaired) electrons. The van der Waals surface area contributed by atoms with E-state index in [2.05, 4.69) is 0 Å². The zero-order chi connectivity index (χ0) is 12.1. The second kappa shape index (κ2) is 5.30. The van der Waals surface area contributed by atoms with Crippen LogP contribution in [0.3, 0.4) is 0 Å². The van der Waals surface area contributed by atoms with Crippen LogP contribution in [0, 0.1) is 0 Å². The molecule has 2 aromatic rings. The fraction of sp³-hybridized carbons (Fsp3) is 0.0667. The monoisotopic (exact) mass is 228 g/mol. The van der Waals surface area contributed by atoms with Crippen LogP contribution in [0.15, 0.2) is 54.6 Å². The van der Waals surface area contributed by atoms with Gasteiger partial charge in [-0.15, -0.1) is 0 Å². The highest BCUT2D eigenvalue weighted by atomic mass is 19.1. The van der Waals surface area contributed by atoms with Gasteiger partial charge in [-0.2, -0.15) is 0 Å². The van der Waals surface area contributed by atoms with Crippen molar-refractivity contribution in [1.82, 2.24) is 0 Å². The Morgan fingerprint density at radius 1 is 1.00 bits per heavy atom. The van der Waals surface area contributed by atoms with Gasteiger partial charge in [-0.1, -0.05) is 48.5 Å². The molecule has 2 heteroatoms. The van der Waals surface area contributed by atoms with Crippen molar-refractivity contribution < 1.29 is 9.13 Å². The smallest absolute Gasteiger partial charge is 0.131 e. The lowest BCUT2D eigenvalue weighted by Gasteiger charge is -2.04. The van der Waals surface area contributed by atoms with Crippen LogP contribution < -0.4 is 4.74 Å². The van der Waals surface area contributed by atoms with E-state index in [1.54, 1.807) is 19.2 Å². The van der Waals surface area contributed by atoms with Crippen LogP contribution in [0.2, 0.25) is 0 Å². The summed E-state index contributed by atoms with van der Waals surface area (Å²) in [5, 5.41) is 0. The highest BCUT2D eigenvalue weighted by Crippen LogP contribution is 2.24.